The number of ether oxygens (including phenoxy) is 1. The zero-order valence-electron chi connectivity index (χ0n) is 16.5. The number of amidine groups is 1. The SMILES string of the molecule is CCN1C(=O)/C(=C/c2ccc(OCC(=O)O)cc2)SC1=Nc1ccc(C)c(C)c1. The van der Waals surface area contributed by atoms with Crippen LogP contribution in [0.25, 0.3) is 6.08 Å². The van der Waals surface area contributed by atoms with Crippen LogP contribution in [-0.2, 0) is 9.59 Å². The number of hydrogen-bond donors (Lipinski definition) is 1. The molecule has 0 spiro atoms. The van der Waals surface area contributed by atoms with Gasteiger partial charge in [0.15, 0.2) is 11.8 Å². The summed E-state index contributed by atoms with van der Waals surface area (Å²) in [6.07, 6.45) is 1.81. The fourth-order valence-electron chi connectivity index (χ4n) is 2.73. The van der Waals surface area contributed by atoms with E-state index < -0.39 is 12.6 Å². The average Bonchev–Trinajstić information content (AvgIpc) is 2.98. The molecule has 0 saturated carbocycles. The van der Waals surface area contributed by atoms with E-state index in [2.05, 4.69) is 11.9 Å². The molecule has 1 fully saturated rings. The van der Waals surface area contributed by atoms with E-state index in [0.29, 0.717) is 22.4 Å². The summed E-state index contributed by atoms with van der Waals surface area (Å²) in [5.41, 5.74) is 4.01. The van der Waals surface area contributed by atoms with Crippen LogP contribution >= 0.6 is 11.8 Å². The first-order valence-corrected chi connectivity index (χ1v) is 10.0. The van der Waals surface area contributed by atoms with Crippen molar-refractivity contribution in [2.45, 2.75) is 20.8 Å². The molecule has 7 heteroatoms. The van der Waals surface area contributed by atoms with Crippen LogP contribution in [0.3, 0.4) is 0 Å². The lowest BCUT2D eigenvalue weighted by molar-refractivity contribution is -0.139. The van der Waals surface area contributed by atoms with Gasteiger partial charge in [-0.2, -0.15) is 0 Å². The normalized spacial score (nSPS) is 16.7. The summed E-state index contributed by atoms with van der Waals surface area (Å²) in [6, 6.07) is 12.9. The van der Waals surface area contributed by atoms with Gasteiger partial charge in [-0.15, -0.1) is 0 Å². The predicted octanol–water partition coefficient (Wildman–Crippen LogP) is 4.39. The molecule has 0 bridgehead atoms. The van der Waals surface area contributed by atoms with Gasteiger partial charge in [0, 0.05) is 6.54 Å². The van der Waals surface area contributed by atoms with Crippen LogP contribution in [0.2, 0.25) is 0 Å². The van der Waals surface area contributed by atoms with Crippen molar-refractivity contribution in [3.05, 3.63) is 64.1 Å². The maximum absolute atomic E-state index is 12.8. The van der Waals surface area contributed by atoms with Crippen molar-refractivity contribution in [3.63, 3.8) is 0 Å². The van der Waals surface area contributed by atoms with Gasteiger partial charge >= 0.3 is 5.97 Å². The highest BCUT2D eigenvalue weighted by Gasteiger charge is 2.32. The fraction of sp³-hybridized carbons (Fsp3) is 0.227. The van der Waals surface area contributed by atoms with Gasteiger partial charge in [0.1, 0.15) is 5.75 Å². The molecule has 2 aromatic carbocycles. The Hall–Kier alpha value is -3.06. The Kier molecular flexibility index (Phi) is 6.39. The lowest BCUT2D eigenvalue weighted by Crippen LogP contribution is -2.28. The second-order valence-electron chi connectivity index (χ2n) is 6.57. The quantitative estimate of drug-likeness (QED) is 0.715. The summed E-state index contributed by atoms with van der Waals surface area (Å²) in [5, 5.41) is 9.33. The van der Waals surface area contributed by atoms with Crippen molar-refractivity contribution in [1.82, 2.24) is 4.90 Å². The molecule has 1 heterocycles. The molecular formula is C22H22N2O4S. The van der Waals surface area contributed by atoms with E-state index in [4.69, 9.17) is 9.84 Å². The van der Waals surface area contributed by atoms with Crippen LogP contribution in [0.15, 0.2) is 52.4 Å². The molecule has 1 saturated heterocycles. The Balaban J connectivity index is 1.81. The summed E-state index contributed by atoms with van der Waals surface area (Å²) < 4.78 is 5.13. The molecule has 0 atom stereocenters. The lowest BCUT2D eigenvalue weighted by Gasteiger charge is -2.12. The number of carboxylic acids is 1. The second-order valence-corrected chi connectivity index (χ2v) is 7.58. The third-order valence-electron chi connectivity index (χ3n) is 4.46. The number of nitrogens with zero attached hydrogens (tertiary/aromatic N) is 2. The molecule has 1 N–H and O–H groups in total. The van der Waals surface area contributed by atoms with E-state index >= 15 is 0 Å². The van der Waals surface area contributed by atoms with E-state index in [9.17, 15) is 9.59 Å². The zero-order valence-corrected chi connectivity index (χ0v) is 17.3. The molecule has 3 rings (SSSR count). The molecule has 1 amide bonds. The molecule has 1 aliphatic rings. The van der Waals surface area contributed by atoms with Crippen LogP contribution in [-0.4, -0.2) is 40.2 Å². The van der Waals surface area contributed by atoms with Gasteiger partial charge in [-0.05, 0) is 79.6 Å². The molecule has 0 aliphatic carbocycles. The molecule has 0 unspecified atom stereocenters. The zero-order chi connectivity index (χ0) is 21.0. The second kappa shape index (κ2) is 8.96. The van der Waals surface area contributed by atoms with Crippen LogP contribution in [0.5, 0.6) is 5.75 Å². The van der Waals surface area contributed by atoms with Crippen molar-refractivity contribution in [3.8, 4) is 5.75 Å². The first-order chi connectivity index (χ1) is 13.9. The number of hydrogen-bond acceptors (Lipinski definition) is 5. The summed E-state index contributed by atoms with van der Waals surface area (Å²) in [7, 11) is 0. The minimum Gasteiger partial charge on any atom is -0.482 e. The van der Waals surface area contributed by atoms with Crippen molar-refractivity contribution in [1.29, 1.82) is 0 Å². The number of aliphatic carboxylic acids is 1. The summed E-state index contributed by atoms with van der Waals surface area (Å²) in [5.74, 6) is -0.641. The highest BCUT2D eigenvalue weighted by Crippen LogP contribution is 2.34. The number of benzene rings is 2. The Bertz CT molecular complexity index is 996. The van der Waals surface area contributed by atoms with Gasteiger partial charge in [-0.3, -0.25) is 9.69 Å². The standard InChI is InChI=1S/C22H22N2O4S/c1-4-24-21(27)19(12-16-6-9-18(10-7-16)28-13-20(25)26)29-22(24)23-17-8-5-14(2)15(3)11-17/h5-12H,4,13H2,1-3H3,(H,25,26)/b19-12-,23-22?. The van der Waals surface area contributed by atoms with Gasteiger partial charge in [0.2, 0.25) is 0 Å². The molecular weight excluding hydrogens is 388 g/mol. The Morgan fingerprint density at radius 1 is 1.17 bits per heavy atom. The largest absolute Gasteiger partial charge is 0.482 e. The predicted molar refractivity (Wildman–Crippen MR) is 116 cm³/mol. The summed E-state index contributed by atoms with van der Waals surface area (Å²) in [6.45, 7) is 6.16. The Labute approximate surface area is 173 Å². The molecule has 2 aromatic rings. The van der Waals surface area contributed by atoms with Crippen LogP contribution in [0, 0.1) is 13.8 Å². The van der Waals surface area contributed by atoms with Gasteiger partial charge in [-0.1, -0.05) is 18.2 Å². The van der Waals surface area contributed by atoms with Crippen LogP contribution < -0.4 is 4.74 Å². The Morgan fingerprint density at radius 2 is 1.90 bits per heavy atom. The minimum absolute atomic E-state index is 0.0775. The van der Waals surface area contributed by atoms with E-state index in [-0.39, 0.29) is 5.91 Å². The number of carbonyl (C=O) groups excluding carboxylic acids is 1. The maximum Gasteiger partial charge on any atom is 0.341 e. The third kappa shape index (κ3) is 5.06. The molecule has 0 aromatic heterocycles. The number of aryl methyl sites for hydroxylation is 2. The number of amides is 1. The van der Waals surface area contributed by atoms with E-state index in [1.165, 1.54) is 17.3 Å². The topological polar surface area (TPSA) is 79.2 Å². The monoisotopic (exact) mass is 410 g/mol. The van der Waals surface area contributed by atoms with Crippen LogP contribution in [0.4, 0.5) is 5.69 Å². The van der Waals surface area contributed by atoms with E-state index in [0.717, 1.165) is 16.8 Å². The van der Waals surface area contributed by atoms with Crippen molar-refractivity contribution in [2.75, 3.05) is 13.2 Å². The number of carbonyl (C=O) groups is 2. The van der Waals surface area contributed by atoms with Gasteiger partial charge < -0.3 is 9.84 Å². The number of thioether (sulfide) groups is 1. The highest BCUT2D eigenvalue weighted by molar-refractivity contribution is 8.18. The smallest absolute Gasteiger partial charge is 0.341 e. The minimum atomic E-state index is -1.03. The van der Waals surface area contributed by atoms with E-state index in [1.54, 1.807) is 35.2 Å². The first kappa shape index (κ1) is 20.7. The fourth-order valence-corrected chi connectivity index (χ4v) is 3.79. The summed E-state index contributed by atoms with van der Waals surface area (Å²) >= 11 is 1.35. The average molecular weight is 410 g/mol. The summed E-state index contributed by atoms with van der Waals surface area (Å²) in [4.78, 5) is 30.3. The van der Waals surface area contributed by atoms with Gasteiger partial charge in [0.25, 0.3) is 5.91 Å². The van der Waals surface area contributed by atoms with Crippen molar-refractivity contribution >= 4 is 40.6 Å². The van der Waals surface area contributed by atoms with Gasteiger partial charge in [0.05, 0.1) is 10.6 Å². The van der Waals surface area contributed by atoms with Crippen molar-refractivity contribution in [2.24, 2.45) is 4.99 Å². The number of likely N-dealkylation sites (N-methyl/N-ethyl adjacent to an activating group) is 1. The molecule has 0 radical (unpaired) electrons. The number of aliphatic imine (C=N–C) groups is 1. The van der Waals surface area contributed by atoms with Crippen molar-refractivity contribution < 1.29 is 19.4 Å². The molecule has 6 nitrogen and oxygen atoms in total. The van der Waals surface area contributed by atoms with Gasteiger partial charge in [-0.25, -0.2) is 9.79 Å². The number of carboxylic acid groups (broad SMARTS) is 1. The maximum atomic E-state index is 12.8. The first-order valence-electron chi connectivity index (χ1n) is 9.19. The van der Waals surface area contributed by atoms with E-state index in [1.807, 2.05) is 32.0 Å². The lowest BCUT2D eigenvalue weighted by atomic mass is 10.1. The highest BCUT2D eigenvalue weighted by atomic mass is 32.2. The van der Waals surface area contributed by atoms with Crippen LogP contribution in [0.1, 0.15) is 23.6 Å². The number of rotatable bonds is 6. The Morgan fingerprint density at radius 3 is 2.52 bits per heavy atom. The third-order valence-corrected chi connectivity index (χ3v) is 5.47. The molecule has 150 valence electrons. The molecule has 1 aliphatic heterocycles. The molecule has 29 heavy (non-hydrogen) atoms.